The zero-order valence-electron chi connectivity index (χ0n) is 36.1. The second-order valence-electron chi connectivity index (χ2n) is 17.0. The Labute approximate surface area is 343 Å². The fraction of sp³-hybridized carbons (Fsp3) is 0.810. The van der Waals surface area contributed by atoms with E-state index in [1.54, 1.807) is 71.0 Å². The van der Waals surface area contributed by atoms with Crippen molar-refractivity contribution in [1.29, 1.82) is 0 Å². The highest BCUT2D eigenvalue weighted by Crippen LogP contribution is 2.38. The van der Waals surface area contributed by atoms with Gasteiger partial charge in [-0.1, -0.05) is 45.1 Å². The second kappa shape index (κ2) is 22.7. The molecule has 2 saturated heterocycles. The maximum Gasteiger partial charge on any atom is 0.309 e. The number of rotatable bonds is 12. The van der Waals surface area contributed by atoms with Crippen molar-refractivity contribution in [2.45, 2.75) is 179 Å². The van der Waals surface area contributed by atoms with Crippen LogP contribution < -0.4 is 0 Å². The number of cyclic esters (lactones) is 1. The number of allylic oxidation sites excluding steroid dienone is 2. The minimum Gasteiger partial charge on any atom is -0.462 e. The van der Waals surface area contributed by atoms with Crippen LogP contribution >= 0.6 is 0 Å². The molecule has 16 heteroatoms. The van der Waals surface area contributed by atoms with Crippen LogP contribution in [0.15, 0.2) is 24.3 Å². The zero-order valence-corrected chi connectivity index (χ0v) is 36.1. The Morgan fingerprint density at radius 2 is 1.71 bits per heavy atom. The number of carbonyl (C=O) groups excluding carboxylic acids is 4. The Bertz CT molecular complexity index is 1390. The lowest BCUT2D eigenvalue weighted by atomic mass is 9.82. The normalized spacial score (nSPS) is 40.7. The predicted molar refractivity (Wildman–Crippen MR) is 210 cm³/mol. The summed E-state index contributed by atoms with van der Waals surface area (Å²) in [5.74, 6) is -2.82. The Hall–Kier alpha value is -2.80. The Morgan fingerprint density at radius 1 is 1.02 bits per heavy atom. The highest BCUT2D eigenvalue weighted by atomic mass is 16.7. The monoisotopic (exact) mass is 827 g/mol. The maximum atomic E-state index is 13.2. The van der Waals surface area contributed by atoms with Crippen LogP contribution in [-0.2, 0) is 57.1 Å². The molecule has 58 heavy (non-hydrogen) atoms. The molecular formula is C42H69NO15. The molecule has 0 unspecified atom stereocenters. The SMILES string of the molecule is CO[C@@H]1[C@@H](O[C@@H]2O[C@H](C)[C@@H](O[C@H]3C[C@@](C)(O)[C@@H](OC(=O)CC(C)C)[C@H](C)O3)[C@@H](N(C)C)[C@H]2O)[C@H](CC=O)C[C@@H](C)[C@@H](O)/C=C/C=C/C[C@@H](C)OC(=O)C[C@H]1OC(C)=O. The van der Waals surface area contributed by atoms with E-state index in [0.717, 1.165) is 0 Å². The molecule has 0 aromatic heterocycles. The standard InChI is InChI=1S/C42H69NO15/c1-23(2)19-32(47)56-40-27(6)53-34(22-42(40,8)50)57-37-26(5)54-41(36(49)35(37)43(9)10)58-38-29(17-18-44)20-24(3)30(46)16-14-12-13-15-25(4)52-33(48)21-31(39(38)51-11)55-28(7)45/h12-14,16,18,23-27,29-31,34-41,46,49-50H,15,17,19-22H2,1-11H3/b13-12+,16-14+/t24-,25-,26-,27+,29-,30+,31-,34+,35+,36-,37-,38+,39+,40+,41+,42-/m1/s1. The molecule has 3 aliphatic rings. The third kappa shape index (κ3) is 14.2. The van der Waals surface area contributed by atoms with Crippen molar-refractivity contribution in [1.82, 2.24) is 4.90 Å². The van der Waals surface area contributed by atoms with Gasteiger partial charge in [-0.15, -0.1) is 0 Å². The highest BCUT2D eigenvalue weighted by Gasteiger charge is 2.53. The molecule has 16 nitrogen and oxygen atoms in total. The number of aliphatic hydroxyl groups is 3. The van der Waals surface area contributed by atoms with Crippen molar-refractivity contribution in [3.63, 3.8) is 0 Å². The van der Waals surface area contributed by atoms with Crippen LogP contribution in [0.25, 0.3) is 0 Å². The summed E-state index contributed by atoms with van der Waals surface area (Å²) in [4.78, 5) is 52.3. The third-order valence-corrected chi connectivity index (χ3v) is 10.9. The second-order valence-corrected chi connectivity index (χ2v) is 17.0. The fourth-order valence-electron chi connectivity index (χ4n) is 8.08. The molecule has 3 heterocycles. The van der Waals surface area contributed by atoms with E-state index in [1.165, 1.54) is 14.0 Å². The molecule has 0 aromatic rings. The van der Waals surface area contributed by atoms with E-state index in [9.17, 15) is 34.5 Å². The van der Waals surface area contributed by atoms with Gasteiger partial charge in [0.1, 0.15) is 42.4 Å². The molecule has 332 valence electrons. The number of hydrogen-bond acceptors (Lipinski definition) is 16. The van der Waals surface area contributed by atoms with Crippen molar-refractivity contribution < 1.29 is 72.4 Å². The quantitative estimate of drug-likeness (QED) is 0.147. The Kier molecular flexibility index (Phi) is 19.4. The van der Waals surface area contributed by atoms with Gasteiger partial charge in [-0.25, -0.2) is 0 Å². The van der Waals surface area contributed by atoms with E-state index < -0.39 is 121 Å². The summed E-state index contributed by atoms with van der Waals surface area (Å²) in [6, 6.07) is -0.782. The number of carbonyl (C=O) groups is 4. The summed E-state index contributed by atoms with van der Waals surface area (Å²) in [5.41, 5.74) is -1.50. The van der Waals surface area contributed by atoms with Crippen LogP contribution in [-0.4, -0.2) is 151 Å². The van der Waals surface area contributed by atoms with Gasteiger partial charge >= 0.3 is 17.9 Å². The van der Waals surface area contributed by atoms with Crippen LogP contribution in [0.1, 0.15) is 93.9 Å². The summed E-state index contributed by atoms with van der Waals surface area (Å²) in [6.45, 7) is 13.5. The predicted octanol–water partition coefficient (Wildman–Crippen LogP) is 3.01. The minimum absolute atomic E-state index is 0.0460. The first kappa shape index (κ1) is 49.6. The van der Waals surface area contributed by atoms with E-state index in [2.05, 4.69) is 0 Å². The lowest BCUT2D eigenvalue weighted by molar-refractivity contribution is -0.344. The van der Waals surface area contributed by atoms with Gasteiger partial charge in [0.2, 0.25) is 0 Å². The van der Waals surface area contributed by atoms with Gasteiger partial charge in [0, 0.05) is 39.7 Å². The van der Waals surface area contributed by atoms with Gasteiger partial charge in [-0.05, 0) is 66.0 Å². The molecule has 0 radical (unpaired) electrons. The number of nitrogens with zero attached hydrogens (tertiary/aromatic N) is 1. The number of hydrogen-bond donors (Lipinski definition) is 3. The molecule has 0 bridgehead atoms. The van der Waals surface area contributed by atoms with Gasteiger partial charge in [-0.3, -0.25) is 14.4 Å². The average molecular weight is 828 g/mol. The zero-order chi connectivity index (χ0) is 43.5. The molecule has 0 saturated carbocycles. The van der Waals surface area contributed by atoms with Gasteiger partial charge in [-0.2, -0.15) is 0 Å². The topological polar surface area (TPSA) is 206 Å². The van der Waals surface area contributed by atoms with Gasteiger partial charge < -0.3 is 62.9 Å². The Balaban J connectivity index is 1.98. The number of likely N-dealkylation sites (N-methyl/N-ethyl adjacent to an activating group) is 1. The molecule has 16 atom stereocenters. The Morgan fingerprint density at radius 3 is 2.29 bits per heavy atom. The van der Waals surface area contributed by atoms with E-state index in [4.69, 9.17) is 37.9 Å². The smallest absolute Gasteiger partial charge is 0.309 e. The summed E-state index contributed by atoms with van der Waals surface area (Å²) in [5, 5.41) is 34.6. The van der Waals surface area contributed by atoms with Crippen molar-refractivity contribution >= 4 is 24.2 Å². The third-order valence-electron chi connectivity index (χ3n) is 10.9. The van der Waals surface area contributed by atoms with Gasteiger partial charge in [0.15, 0.2) is 18.7 Å². The van der Waals surface area contributed by atoms with Crippen molar-refractivity contribution in [3.05, 3.63) is 24.3 Å². The lowest BCUT2D eigenvalue weighted by Crippen LogP contribution is -2.66. The summed E-state index contributed by atoms with van der Waals surface area (Å²) in [7, 11) is 4.86. The molecule has 0 aliphatic carbocycles. The fourth-order valence-corrected chi connectivity index (χ4v) is 8.08. The van der Waals surface area contributed by atoms with Gasteiger partial charge in [0.25, 0.3) is 0 Å². The summed E-state index contributed by atoms with van der Waals surface area (Å²) >= 11 is 0. The van der Waals surface area contributed by atoms with E-state index in [1.807, 2.05) is 20.8 Å². The average Bonchev–Trinajstić information content (AvgIpc) is 3.09. The number of aliphatic hydroxyl groups excluding tert-OH is 2. The van der Waals surface area contributed by atoms with E-state index >= 15 is 0 Å². The summed E-state index contributed by atoms with van der Waals surface area (Å²) in [6.07, 6.45) is -4.11. The van der Waals surface area contributed by atoms with Crippen LogP contribution in [0.3, 0.4) is 0 Å². The molecule has 0 amide bonds. The van der Waals surface area contributed by atoms with Crippen LogP contribution in [0, 0.1) is 17.8 Å². The van der Waals surface area contributed by atoms with Crippen molar-refractivity contribution in [2.75, 3.05) is 21.2 Å². The van der Waals surface area contributed by atoms with Gasteiger partial charge in [0.05, 0.1) is 36.9 Å². The number of aldehydes is 1. The summed E-state index contributed by atoms with van der Waals surface area (Å²) < 4.78 is 48.6. The van der Waals surface area contributed by atoms with Crippen molar-refractivity contribution in [3.8, 4) is 0 Å². The van der Waals surface area contributed by atoms with E-state index in [-0.39, 0.29) is 31.6 Å². The first-order chi connectivity index (χ1) is 27.2. The van der Waals surface area contributed by atoms with Crippen molar-refractivity contribution in [2.24, 2.45) is 17.8 Å². The molecule has 3 aliphatic heterocycles. The highest BCUT2D eigenvalue weighted by molar-refractivity contribution is 5.72. The number of esters is 3. The first-order valence-electron chi connectivity index (χ1n) is 20.4. The minimum atomic E-state index is -1.50. The number of methoxy groups -OCH3 is 1. The maximum absolute atomic E-state index is 13.2. The first-order valence-corrected chi connectivity index (χ1v) is 20.4. The molecular weight excluding hydrogens is 758 g/mol. The van der Waals surface area contributed by atoms with Crippen LogP contribution in [0.4, 0.5) is 0 Å². The van der Waals surface area contributed by atoms with Crippen LogP contribution in [0.2, 0.25) is 0 Å². The molecule has 0 spiro atoms. The number of ether oxygens (including phenoxy) is 8. The molecule has 0 aromatic carbocycles. The van der Waals surface area contributed by atoms with E-state index in [0.29, 0.717) is 12.7 Å². The lowest BCUT2D eigenvalue weighted by Gasteiger charge is -2.50. The molecule has 3 N–H and O–H groups in total. The largest absolute Gasteiger partial charge is 0.462 e. The molecule has 2 fully saturated rings. The molecule has 3 rings (SSSR count). The van der Waals surface area contributed by atoms with Crippen LogP contribution in [0.5, 0.6) is 0 Å².